The molecule has 27 heavy (non-hydrogen) atoms. The van der Waals surface area contributed by atoms with Crippen molar-refractivity contribution in [1.82, 2.24) is 0 Å². The van der Waals surface area contributed by atoms with Crippen molar-refractivity contribution in [3.05, 3.63) is 77.9 Å². The minimum Gasteiger partial charge on any atom is -0.456 e. The van der Waals surface area contributed by atoms with Crippen molar-refractivity contribution in [1.29, 1.82) is 0 Å². The zero-order chi connectivity index (χ0) is 19.0. The van der Waals surface area contributed by atoms with Crippen molar-refractivity contribution in [3.8, 4) is 17.2 Å². The molecule has 0 unspecified atom stereocenters. The van der Waals surface area contributed by atoms with E-state index in [9.17, 15) is 14.4 Å². The molecule has 1 aliphatic rings. The largest absolute Gasteiger partial charge is 0.456 e. The highest BCUT2D eigenvalue weighted by atomic mass is 16.5. The van der Waals surface area contributed by atoms with E-state index in [4.69, 9.17) is 9.47 Å². The molecule has 5 heteroatoms. The van der Waals surface area contributed by atoms with Crippen molar-refractivity contribution in [2.24, 2.45) is 0 Å². The van der Waals surface area contributed by atoms with Crippen LogP contribution in [0.1, 0.15) is 27.6 Å². The first-order chi connectivity index (χ1) is 13.1. The summed E-state index contributed by atoms with van der Waals surface area (Å²) in [7, 11) is 0. The van der Waals surface area contributed by atoms with Crippen LogP contribution in [0.15, 0.2) is 66.7 Å². The summed E-state index contributed by atoms with van der Waals surface area (Å²) in [6.07, 6.45) is 2.38. The van der Waals surface area contributed by atoms with E-state index < -0.39 is 11.8 Å². The van der Waals surface area contributed by atoms with Gasteiger partial charge in [-0.1, -0.05) is 42.5 Å². The highest BCUT2D eigenvalue weighted by Crippen LogP contribution is 2.44. The zero-order valence-electron chi connectivity index (χ0n) is 14.4. The third-order valence-electron chi connectivity index (χ3n) is 4.21. The number of carbonyl (C=O) groups is 3. The van der Waals surface area contributed by atoms with Gasteiger partial charge in [0.05, 0.1) is 11.1 Å². The summed E-state index contributed by atoms with van der Waals surface area (Å²) < 4.78 is 11.4. The molecule has 5 nitrogen and oxygen atoms in total. The van der Waals surface area contributed by atoms with Crippen LogP contribution < -0.4 is 9.47 Å². The molecule has 0 aromatic heterocycles. The third-order valence-corrected chi connectivity index (χ3v) is 4.21. The number of ether oxygens (including phenoxy) is 2. The molecule has 0 fully saturated rings. The topological polar surface area (TPSA) is 69.7 Å². The first kappa shape index (κ1) is 16.7. The summed E-state index contributed by atoms with van der Waals surface area (Å²) in [5.74, 6) is -0.491. The highest BCUT2D eigenvalue weighted by molar-refractivity contribution is 6.27. The minimum absolute atomic E-state index is 0.0438. The second kappa shape index (κ2) is 6.53. The Kier molecular flexibility index (Phi) is 4.05. The number of fused-ring (bicyclic) bond motifs is 2. The van der Waals surface area contributed by atoms with Gasteiger partial charge in [-0.05, 0) is 24.3 Å². The fraction of sp³-hybridized carbons (Fsp3) is 0.0455. The normalized spacial score (nSPS) is 12.8. The van der Waals surface area contributed by atoms with Gasteiger partial charge >= 0.3 is 5.97 Å². The van der Waals surface area contributed by atoms with Gasteiger partial charge in [0.25, 0.3) is 0 Å². The van der Waals surface area contributed by atoms with Crippen LogP contribution in [-0.2, 0) is 4.79 Å². The molecular formula is C22H14O5. The summed E-state index contributed by atoms with van der Waals surface area (Å²) >= 11 is 0. The standard InChI is InChI=1S/C22H14O5/c1-13(23)26-21-15-9-5-6-10-16(15)22(27-14-7-3-2-4-8-14)20-18(25)12-11-17(24)19(20)21/h2-12H,1H3. The van der Waals surface area contributed by atoms with Crippen molar-refractivity contribution < 1.29 is 23.9 Å². The third kappa shape index (κ3) is 2.89. The number of hydrogen-bond acceptors (Lipinski definition) is 5. The molecule has 0 radical (unpaired) electrons. The minimum atomic E-state index is -0.575. The Hall–Kier alpha value is -3.73. The van der Waals surface area contributed by atoms with E-state index in [0.717, 1.165) is 0 Å². The average molecular weight is 358 g/mol. The summed E-state index contributed by atoms with van der Waals surface area (Å²) in [4.78, 5) is 36.9. The monoisotopic (exact) mass is 358 g/mol. The number of benzene rings is 3. The number of para-hydroxylation sites is 1. The predicted molar refractivity (Wildman–Crippen MR) is 99.6 cm³/mol. The van der Waals surface area contributed by atoms with E-state index >= 15 is 0 Å². The molecule has 4 rings (SSSR count). The quantitative estimate of drug-likeness (QED) is 0.509. The van der Waals surface area contributed by atoms with E-state index in [-0.39, 0.29) is 28.4 Å². The fourth-order valence-corrected chi connectivity index (χ4v) is 3.13. The van der Waals surface area contributed by atoms with Crippen LogP contribution in [-0.4, -0.2) is 17.5 Å². The van der Waals surface area contributed by atoms with Crippen LogP contribution in [0.5, 0.6) is 17.2 Å². The van der Waals surface area contributed by atoms with Crippen LogP contribution >= 0.6 is 0 Å². The second-order valence-corrected chi connectivity index (χ2v) is 6.02. The van der Waals surface area contributed by atoms with E-state index in [1.807, 2.05) is 18.2 Å². The summed E-state index contributed by atoms with van der Waals surface area (Å²) in [6.45, 7) is 1.25. The van der Waals surface area contributed by atoms with Crippen LogP contribution in [0, 0.1) is 0 Å². The lowest BCUT2D eigenvalue weighted by atomic mass is 9.89. The van der Waals surface area contributed by atoms with Crippen molar-refractivity contribution in [2.45, 2.75) is 6.92 Å². The van der Waals surface area contributed by atoms with Gasteiger partial charge < -0.3 is 9.47 Å². The summed E-state index contributed by atoms with van der Waals surface area (Å²) in [5, 5.41) is 1.10. The molecule has 0 heterocycles. The first-order valence-electron chi connectivity index (χ1n) is 8.33. The van der Waals surface area contributed by atoms with Gasteiger partial charge in [-0.25, -0.2) is 0 Å². The van der Waals surface area contributed by atoms with Gasteiger partial charge in [-0.3, -0.25) is 14.4 Å². The fourth-order valence-electron chi connectivity index (χ4n) is 3.13. The van der Waals surface area contributed by atoms with E-state index in [0.29, 0.717) is 16.5 Å². The lowest BCUT2D eigenvalue weighted by Crippen LogP contribution is -2.17. The summed E-state index contributed by atoms with van der Waals surface area (Å²) in [6, 6.07) is 16.0. The lowest BCUT2D eigenvalue weighted by molar-refractivity contribution is -0.131. The van der Waals surface area contributed by atoms with E-state index in [1.165, 1.54) is 19.1 Å². The summed E-state index contributed by atoms with van der Waals surface area (Å²) in [5.41, 5.74) is 0.142. The number of ketones is 2. The smallest absolute Gasteiger partial charge is 0.308 e. The Morgan fingerprint density at radius 3 is 1.85 bits per heavy atom. The van der Waals surface area contributed by atoms with Crippen LogP contribution in [0.25, 0.3) is 10.8 Å². The Morgan fingerprint density at radius 2 is 1.26 bits per heavy atom. The van der Waals surface area contributed by atoms with Crippen LogP contribution in [0.2, 0.25) is 0 Å². The molecule has 0 amide bonds. The maximum Gasteiger partial charge on any atom is 0.308 e. The van der Waals surface area contributed by atoms with Crippen molar-refractivity contribution in [3.63, 3.8) is 0 Å². The number of allylic oxidation sites excluding steroid dienone is 2. The Balaban J connectivity index is 2.09. The van der Waals surface area contributed by atoms with Crippen molar-refractivity contribution in [2.75, 3.05) is 0 Å². The second-order valence-electron chi connectivity index (χ2n) is 6.02. The maximum absolute atomic E-state index is 12.7. The highest BCUT2D eigenvalue weighted by Gasteiger charge is 2.31. The number of hydrogen-bond donors (Lipinski definition) is 0. The molecule has 0 bridgehead atoms. The molecule has 3 aromatic rings. The van der Waals surface area contributed by atoms with Gasteiger partial charge in [0.1, 0.15) is 11.5 Å². The molecule has 132 valence electrons. The Labute approximate surface area is 154 Å². The van der Waals surface area contributed by atoms with Crippen LogP contribution in [0.4, 0.5) is 0 Å². The number of esters is 1. The molecule has 0 saturated carbocycles. The van der Waals surface area contributed by atoms with Crippen molar-refractivity contribution >= 4 is 28.3 Å². The Bertz CT molecular complexity index is 1130. The molecule has 1 aliphatic carbocycles. The first-order valence-corrected chi connectivity index (χ1v) is 8.33. The molecule has 0 spiro atoms. The molecular weight excluding hydrogens is 344 g/mol. The Morgan fingerprint density at radius 1 is 0.741 bits per heavy atom. The molecule has 0 aliphatic heterocycles. The van der Waals surface area contributed by atoms with Gasteiger partial charge in [-0.15, -0.1) is 0 Å². The van der Waals surface area contributed by atoms with E-state index in [1.54, 1.807) is 36.4 Å². The zero-order valence-corrected chi connectivity index (χ0v) is 14.4. The van der Waals surface area contributed by atoms with Gasteiger partial charge in [0, 0.05) is 17.7 Å². The predicted octanol–water partition coefficient (Wildman–Crippen LogP) is 4.49. The molecule has 0 saturated heterocycles. The molecule has 3 aromatic carbocycles. The molecule has 0 atom stereocenters. The number of rotatable bonds is 3. The molecule has 0 N–H and O–H groups in total. The van der Waals surface area contributed by atoms with Gasteiger partial charge in [-0.2, -0.15) is 0 Å². The SMILES string of the molecule is CC(=O)Oc1c2c(c(Oc3ccccc3)c3ccccc13)C(=O)C=CC2=O. The van der Waals surface area contributed by atoms with Gasteiger partial charge in [0.15, 0.2) is 17.3 Å². The van der Waals surface area contributed by atoms with Crippen LogP contribution in [0.3, 0.4) is 0 Å². The number of carbonyl (C=O) groups excluding carboxylic acids is 3. The maximum atomic E-state index is 12.7. The average Bonchev–Trinajstić information content (AvgIpc) is 2.67. The van der Waals surface area contributed by atoms with E-state index in [2.05, 4.69) is 0 Å². The lowest BCUT2D eigenvalue weighted by Gasteiger charge is -2.21. The van der Waals surface area contributed by atoms with Gasteiger partial charge in [0.2, 0.25) is 0 Å².